The van der Waals surface area contributed by atoms with Crippen molar-refractivity contribution in [1.29, 1.82) is 0 Å². The number of hydrogen-bond acceptors (Lipinski definition) is 5. The molecule has 0 aromatic heterocycles. The Bertz CT molecular complexity index is 1240. The lowest BCUT2D eigenvalue weighted by Crippen LogP contribution is -2.05. The lowest BCUT2D eigenvalue weighted by atomic mass is 10.1. The number of carbonyl (C=O) groups excluding carboxylic acids is 1. The van der Waals surface area contributed by atoms with Crippen molar-refractivity contribution in [2.24, 2.45) is 4.99 Å². The summed E-state index contributed by atoms with van der Waals surface area (Å²) >= 11 is 8.05. The van der Waals surface area contributed by atoms with Gasteiger partial charge in [-0.25, -0.2) is 9.79 Å². The number of aliphatic imine (C=N–C) groups is 1. The summed E-state index contributed by atoms with van der Waals surface area (Å²) in [7, 11) is 1.58. The summed E-state index contributed by atoms with van der Waals surface area (Å²) in [4.78, 5) is 16.7. The molecule has 0 saturated carbocycles. The first-order valence-corrected chi connectivity index (χ1v) is 12.4. The number of esters is 1. The van der Waals surface area contributed by atoms with Gasteiger partial charge in [0, 0.05) is 12.7 Å². The van der Waals surface area contributed by atoms with Gasteiger partial charge in [-0.3, -0.25) is 0 Å². The van der Waals surface area contributed by atoms with Crippen LogP contribution in [0.1, 0.15) is 16.7 Å². The van der Waals surface area contributed by atoms with Crippen molar-refractivity contribution in [1.82, 2.24) is 0 Å². The number of halogens is 3. The van der Waals surface area contributed by atoms with Gasteiger partial charge in [-0.2, -0.15) is 0 Å². The van der Waals surface area contributed by atoms with E-state index in [9.17, 15) is 4.79 Å². The minimum atomic E-state index is -0.493. The van der Waals surface area contributed by atoms with E-state index in [2.05, 4.69) is 72.2 Å². The molecule has 1 aliphatic rings. The molecule has 3 aromatic carbocycles. The van der Waals surface area contributed by atoms with Crippen LogP contribution in [-0.2, 0) is 16.1 Å². The van der Waals surface area contributed by atoms with E-state index in [-0.39, 0.29) is 5.70 Å². The van der Waals surface area contributed by atoms with E-state index in [1.165, 1.54) is 0 Å². The molecule has 0 aliphatic carbocycles. The number of cyclic esters (lactones) is 1. The highest BCUT2D eigenvalue weighted by Crippen LogP contribution is 2.38. The second-order valence-electron chi connectivity index (χ2n) is 6.80. The van der Waals surface area contributed by atoms with Gasteiger partial charge in [0.1, 0.15) is 6.61 Å². The molecule has 0 bridgehead atoms. The molecule has 5 nitrogen and oxygen atoms in total. The molecule has 32 heavy (non-hydrogen) atoms. The number of rotatable bonds is 6. The summed E-state index contributed by atoms with van der Waals surface area (Å²) < 4.78 is 19.8. The van der Waals surface area contributed by atoms with E-state index >= 15 is 0 Å². The fourth-order valence-corrected chi connectivity index (χ4v) is 4.57. The van der Waals surface area contributed by atoms with Crippen molar-refractivity contribution >= 4 is 79.1 Å². The molecule has 1 aliphatic heterocycles. The van der Waals surface area contributed by atoms with Crippen LogP contribution in [-0.4, -0.2) is 19.0 Å². The molecule has 4 rings (SSSR count). The summed E-state index contributed by atoms with van der Waals surface area (Å²) in [6.07, 6.45) is 1.67. The topological polar surface area (TPSA) is 57.1 Å². The van der Waals surface area contributed by atoms with Crippen molar-refractivity contribution in [2.75, 3.05) is 7.11 Å². The molecular weight excluding hydrogens is 700 g/mol. The maximum atomic E-state index is 12.3. The molecule has 0 spiro atoms. The Kier molecular flexibility index (Phi) is 7.51. The highest BCUT2D eigenvalue weighted by molar-refractivity contribution is 14.1. The minimum Gasteiger partial charge on any atom is -0.493 e. The zero-order valence-corrected chi connectivity index (χ0v) is 22.7. The number of methoxy groups -OCH3 is 1. The number of carbonyl (C=O) groups is 1. The van der Waals surface area contributed by atoms with Gasteiger partial charge in [0.25, 0.3) is 0 Å². The van der Waals surface area contributed by atoms with Crippen LogP contribution < -0.4 is 9.47 Å². The lowest BCUT2D eigenvalue weighted by molar-refractivity contribution is -0.129. The molecule has 0 atom stereocenters. The van der Waals surface area contributed by atoms with Crippen LogP contribution in [0.3, 0.4) is 0 Å². The minimum absolute atomic E-state index is 0.222. The zero-order chi connectivity index (χ0) is 22.7. The van der Waals surface area contributed by atoms with Crippen LogP contribution in [0, 0.1) is 7.14 Å². The van der Waals surface area contributed by atoms with E-state index in [0.29, 0.717) is 28.5 Å². The van der Waals surface area contributed by atoms with Gasteiger partial charge < -0.3 is 14.2 Å². The predicted octanol–water partition coefficient (Wildman–Crippen LogP) is 6.59. The second-order valence-corrected chi connectivity index (χ2v) is 10.1. The van der Waals surface area contributed by atoms with E-state index in [0.717, 1.165) is 23.8 Å². The average Bonchev–Trinajstić information content (AvgIpc) is 3.13. The number of ether oxygens (including phenoxy) is 3. The number of nitrogens with zero attached hydrogens (tertiary/aromatic N) is 1. The number of benzene rings is 3. The third-order valence-electron chi connectivity index (χ3n) is 4.54. The lowest BCUT2D eigenvalue weighted by Gasteiger charge is -2.14. The van der Waals surface area contributed by atoms with Gasteiger partial charge in [-0.1, -0.05) is 12.1 Å². The van der Waals surface area contributed by atoms with Gasteiger partial charge >= 0.3 is 5.97 Å². The highest BCUT2D eigenvalue weighted by Gasteiger charge is 2.24. The quantitative estimate of drug-likeness (QED) is 0.164. The molecule has 3 aromatic rings. The van der Waals surface area contributed by atoms with Crippen LogP contribution in [0.25, 0.3) is 6.08 Å². The van der Waals surface area contributed by atoms with E-state index in [1.807, 2.05) is 48.5 Å². The molecule has 0 radical (unpaired) electrons. The van der Waals surface area contributed by atoms with Gasteiger partial charge in [0.15, 0.2) is 17.2 Å². The largest absolute Gasteiger partial charge is 0.493 e. The van der Waals surface area contributed by atoms with E-state index in [1.54, 1.807) is 19.3 Å². The molecule has 8 heteroatoms. The molecule has 0 unspecified atom stereocenters. The highest BCUT2D eigenvalue weighted by atomic mass is 127. The molecule has 0 fully saturated rings. The van der Waals surface area contributed by atoms with Gasteiger partial charge in [0.2, 0.25) is 5.90 Å². The van der Waals surface area contributed by atoms with Crippen LogP contribution in [0.15, 0.2) is 75.8 Å². The zero-order valence-electron chi connectivity index (χ0n) is 16.8. The average molecular weight is 716 g/mol. The third-order valence-corrected chi connectivity index (χ3v) is 6.52. The first-order valence-electron chi connectivity index (χ1n) is 9.46. The Morgan fingerprint density at radius 2 is 1.84 bits per heavy atom. The summed E-state index contributed by atoms with van der Waals surface area (Å²) in [6, 6.07) is 19.4. The van der Waals surface area contributed by atoms with Crippen molar-refractivity contribution in [3.05, 3.63) is 94.7 Å². The van der Waals surface area contributed by atoms with Crippen molar-refractivity contribution in [3.63, 3.8) is 0 Å². The van der Waals surface area contributed by atoms with Crippen LogP contribution in [0.4, 0.5) is 0 Å². The smallest absolute Gasteiger partial charge is 0.363 e. The van der Waals surface area contributed by atoms with Crippen LogP contribution >= 0.6 is 61.1 Å². The Morgan fingerprint density at radius 3 is 2.56 bits per heavy atom. The fourth-order valence-electron chi connectivity index (χ4n) is 3.03. The molecule has 162 valence electrons. The van der Waals surface area contributed by atoms with E-state index in [4.69, 9.17) is 14.2 Å². The second kappa shape index (κ2) is 10.3. The summed E-state index contributed by atoms with van der Waals surface area (Å²) in [5.41, 5.74) is 2.76. The van der Waals surface area contributed by atoms with Crippen LogP contribution in [0.5, 0.6) is 11.5 Å². The summed E-state index contributed by atoms with van der Waals surface area (Å²) in [5.74, 6) is 0.935. The van der Waals surface area contributed by atoms with Gasteiger partial charge in [-0.05, 0) is 127 Å². The summed E-state index contributed by atoms with van der Waals surface area (Å²) in [6.45, 7) is 0.405. The summed E-state index contributed by atoms with van der Waals surface area (Å²) in [5, 5.41) is 0. The monoisotopic (exact) mass is 715 g/mol. The van der Waals surface area contributed by atoms with Gasteiger partial charge in [-0.15, -0.1) is 0 Å². The molecular formula is C24H16BrI2NO4. The molecule has 0 saturated heterocycles. The maximum Gasteiger partial charge on any atom is 0.363 e. The first-order chi connectivity index (χ1) is 15.4. The SMILES string of the molecule is COc1cc(/C=C2\N=C(c3ccc(I)cc3)OC2=O)cc(Br)c1OCc1cccc(I)c1. The van der Waals surface area contributed by atoms with Crippen molar-refractivity contribution in [3.8, 4) is 11.5 Å². The number of hydrogen-bond donors (Lipinski definition) is 0. The Balaban J connectivity index is 1.59. The first kappa shape index (κ1) is 23.2. The van der Waals surface area contributed by atoms with Crippen molar-refractivity contribution < 1.29 is 19.0 Å². The van der Waals surface area contributed by atoms with E-state index < -0.39 is 5.97 Å². The molecule has 1 heterocycles. The Labute approximate surface area is 221 Å². The van der Waals surface area contributed by atoms with Crippen molar-refractivity contribution in [2.45, 2.75) is 6.61 Å². The fraction of sp³-hybridized carbons (Fsp3) is 0.0833. The standard InChI is InChI=1S/C24H16BrI2NO4/c1-30-21-12-15(10-19(25)22(21)31-13-14-3-2-4-18(27)9-14)11-20-24(29)32-23(28-20)16-5-7-17(26)8-6-16/h2-12H,13H2,1H3/b20-11-. The maximum absolute atomic E-state index is 12.3. The van der Waals surface area contributed by atoms with Gasteiger partial charge in [0.05, 0.1) is 11.6 Å². The normalized spacial score (nSPS) is 14.3. The molecule has 0 N–H and O–H groups in total. The molecule has 0 amide bonds. The predicted molar refractivity (Wildman–Crippen MR) is 144 cm³/mol. The Hall–Kier alpha value is -1.92. The van der Waals surface area contributed by atoms with Crippen LogP contribution in [0.2, 0.25) is 0 Å². The Morgan fingerprint density at radius 1 is 1.06 bits per heavy atom. The third kappa shape index (κ3) is 5.52.